The van der Waals surface area contributed by atoms with Crippen molar-refractivity contribution in [2.45, 2.75) is 36.9 Å². The maximum atomic E-state index is 13.2. The quantitative estimate of drug-likeness (QED) is 0.260. The number of alkyl halides is 6. The largest absolute Gasteiger partial charge is 0.490 e. The summed E-state index contributed by atoms with van der Waals surface area (Å²) in [5.74, 6) is 0.0411. The van der Waals surface area contributed by atoms with Gasteiger partial charge in [0, 0.05) is 12.0 Å². The summed E-state index contributed by atoms with van der Waals surface area (Å²) in [5.41, 5.74) is -4.84. The molecule has 3 aromatic rings. The van der Waals surface area contributed by atoms with E-state index in [0.29, 0.717) is 29.9 Å². The fraction of sp³-hybridized carbons (Fsp3) is 0.296. The summed E-state index contributed by atoms with van der Waals surface area (Å²) in [6, 6.07) is 18.6. The minimum Gasteiger partial charge on any atom is -0.490 e. The number of rotatable bonds is 10. The molecule has 0 saturated heterocycles. The van der Waals surface area contributed by atoms with E-state index in [1.54, 1.807) is 36.4 Å². The van der Waals surface area contributed by atoms with Gasteiger partial charge >= 0.3 is 18.3 Å². The van der Waals surface area contributed by atoms with Crippen molar-refractivity contribution < 1.29 is 50.5 Å². The van der Waals surface area contributed by atoms with Gasteiger partial charge in [0.15, 0.2) is 0 Å². The van der Waals surface area contributed by atoms with E-state index >= 15 is 0 Å². The highest BCUT2D eigenvalue weighted by molar-refractivity contribution is 5.72. The number of benzene rings is 3. The predicted molar refractivity (Wildman–Crippen MR) is 125 cm³/mol. The fourth-order valence-corrected chi connectivity index (χ4v) is 3.60. The zero-order valence-electron chi connectivity index (χ0n) is 20.1. The average Bonchev–Trinajstić information content (AvgIpc) is 2.87. The molecule has 1 atom stereocenters. The first-order valence-corrected chi connectivity index (χ1v) is 11.3. The van der Waals surface area contributed by atoms with Gasteiger partial charge in [-0.2, -0.15) is 26.3 Å². The van der Waals surface area contributed by atoms with Crippen LogP contribution in [0, 0.1) is 0 Å². The van der Waals surface area contributed by atoms with Gasteiger partial charge in [-0.15, -0.1) is 0 Å². The van der Waals surface area contributed by atoms with Crippen LogP contribution in [0.4, 0.5) is 26.3 Å². The highest BCUT2D eigenvalue weighted by Crippen LogP contribution is 2.50. The van der Waals surface area contributed by atoms with Crippen LogP contribution >= 0.6 is 0 Å². The first-order valence-electron chi connectivity index (χ1n) is 11.3. The summed E-state index contributed by atoms with van der Waals surface area (Å²) in [6.45, 7) is -0.0119. The predicted octanol–water partition coefficient (Wildman–Crippen LogP) is 5.78. The molecule has 0 radical (unpaired) electrons. The Morgan fingerprint density at radius 2 is 1.34 bits per heavy atom. The summed E-state index contributed by atoms with van der Waals surface area (Å²) in [5, 5.41) is 9.58. The monoisotopic (exact) mass is 542 g/mol. The Hall–Kier alpha value is -3.73. The lowest BCUT2D eigenvalue weighted by atomic mass is 9.92. The van der Waals surface area contributed by atoms with Crippen LogP contribution in [-0.4, -0.2) is 43.2 Å². The van der Waals surface area contributed by atoms with Crippen molar-refractivity contribution in [1.82, 2.24) is 0 Å². The Bertz CT molecular complexity index is 1160. The lowest BCUT2D eigenvalue weighted by Crippen LogP contribution is -2.53. The normalized spacial score (nSPS) is 13.1. The molecule has 1 N–H and O–H groups in total. The van der Waals surface area contributed by atoms with Crippen LogP contribution in [0.15, 0.2) is 78.9 Å². The second kappa shape index (κ2) is 11.8. The number of carbonyl (C=O) groups excluding carboxylic acids is 1. The van der Waals surface area contributed by atoms with Gasteiger partial charge in [-0.05, 0) is 35.4 Å². The second-order valence-electron chi connectivity index (χ2n) is 8.37. The van der Waals surface area contributed by atoms with Crippen molar-refractivity contribution in [3.8, 4) is 11.5 Å². The van der Waals surface area contributed by atoms with Crippen molar-refractivity contribution in [3.05, 3.63) is 95.6 Å². The maximum absolute atomic E-state index is 13.2. The fourth-order valence-electron chi connectivity index (χ4n) is 3.60. The zero-order chi connectivity index (χ0) is 28.0. The standard InChI is InChI=1S/C27H24F6O5/c1-36-24(34)16-19-7-11-21(12-8-19)37-17-23(15-18-5-3-2-4-6-18)38-22-13-9-20(10-14-22)25(35,26(28,29)30)27(31,32)33/h2-14,23,35H,15-17H2,1H3. The van der Waals surface area contributed by atoms with Crippen LogP contribution in [0.2, 0.25) is 0 Å². The maximum Gasteiger partial charge on any atom is 0.430 e. The Morgan fingerprint density at radius 3 is 1.87 bits per heavy atom. The van der Waals surface area contributed by atoms with E-state index in [-0.39, 0.29) is 18.8 Å². The molecular formula is C27H24F6O5. The Morgan fingerprint density at radius 1 is 0.789 bits per heavy atom. The highest BCUT2D eigenvalue weighted by atomic mass is 19.4. The molecule has 3 rings (SSSR count). The lowest BCUT2D eigenvalue weighted by molar-refractivity contribution is -0.376. The third kappa shape index (κ3) is 6.97. The van der Waals surface area contributed by atoms with E-state index < -0.39 is 35.6 Å². The topological polar surface area (TPSA) is 65.0 Å². The van der Waals surface area contributed by atoms with E-state index in [0.717, 1.165) is 17.7 Å². The molecule has 0 amide bonds. The third-order valence-corrected chi connectivity index (χ3v) is 5.64. The van der Waals surface area contributed by atoms with Gasteiger partial charge in [-0.25, -0.2) is 0 Å². The summed E-state index contributed by atoms with van der Waals surface area (Å²) < 4.78 is 95.2. The van der Waals surface area contributed by atoms with E-state index in [1.165, 1.54) is 7.11 Å². The molecular weight excluding hydrogens is 518 g/mol. The van der Waals surface area contributed by atoms with Crippen LogP contribution in [0.25, 0.3) is 0 Å². The van der Waals surface area contributed by atoms with Gasteiger partial charge in [0.1, 0.15) is 24.2 Å². The first kappa shape index (κ1) is 28.8. The van der Waals surface area contributed by atoms with Crippen LogP contribution in [0.5, 0.6) is 11.5 Å². The molecule has 11 heteroatoms. The number of ether oxygens (including phenoxy) is 3. The van der Waals surface area contributed by atoms with Crippen LogP contribution in [0.3, 0.4) is 0 Å². The van der Waals surface area contributed by atoms with Crippen molar-refractivity contribution in [2.75, 3.05) is 13.7 Å². The lowest BCUT2D eigenvalue weighted by Gasteiger charge is -2.32. The first-order chi connectivity index (χ1) is 17.8. The summed E-state index contributed by atoms with van der Waals surface area (Å²) in [4.78, 5) is 11.4. The number of aliphatic hydroxyl groups is 1. The van der Waals surface area contributed by atoms with Gasteiger partial charge in [0.2, 0.25) is 0 Å². The second-order valence-corrected chi connectivity index (χ2v) is 8.37. The zero-order valence-corrected chi connectivity index (χ0v) is 20.1. The van der Waals surface area contributed by atoms with Crippen molar-refractivity contribution in [3.63, 3.8) is 0 Å². The van der Waals surface area contributed by atoms with Crippen molar-refractivity contribution in [2.24, 2.45) is 0 Å². The molecule has 0 aliphatic heterocycles. The molecule has 0 saturated carbocycles. The van der Waals surface area contributed by atoms with Crippen LogP contribution in [0.1, 0.15) is 16.7 Å². The average molecular weight is 542 g/mol. The molecule has 0 bridgehead atoms. The molecule has 204 valence electrons. The molecule has 5 nitrogen and oxygen atoms in total. The minimum absolute atomic E-state index is 0.0119. The molecule has 3 aromatic carbocycles. The van der Waals surface area contributed by atoms with Gasteiger partial charge in [-0.1, -0.05) is 54.6 Å². The van der Waals surface area contributed by atoms with Gasteiger partial charge in [-0.3, -0.25) is 4.79 Å². The molecule has 1 unspecified atom stereocenters. The SMILES string of the molecule is COC(=O)Cc1ccc(OCC(Cc2ccccc2)Oc2ccc(C(O)(C(F)(F)F)C(F)(F)F)cc2)cc1. The van der Waals surface area contributed by atoms with Crippen molar-refractivity contribution >= 4 is 5.97 Å². The number of hydrogen-bond donors (Lipinski definition) is 1. The van der Waals surface area contributed by atoms with E-state index in [1.807, 2.05) is 18.2 Å². The Balaban J connectivity index is 1.76. The molecule has 0 heterocycles. The molecule has 38 heavy (non-hydrogen) atoms. The highest BCUT2D eigenvalue weighted by Gasteiger charge is 2.71. The minimum atomic E-state index is -5.98. The summed E-state index contributed by atoms with van der Waals surface area (Å²) in [6.07, 6.45) is -12.2. The van der Waals surface area contributed by atoms with E-state index in [4.69, 9.17) is 9.47 Å². The number of halogens is 6. The number of carbonyl (C=O) groups is 1. The molecule has 0 spiro atoms. The van der Waals surface area contributed by atoms with Gasteiger partial charge in [0.05, 0.1) is 13.5 Å². The molecule has 0 aromatic heterocycles. The number of esters is 1. The Kier molecular flexibility index (Phi) is 8.93. The van der Waals surface area contributed by atoms with E-state index in [2.05, 4.69) is 4.74 Å². The van der Waals surface area contributed by atoms with Crippen molar-refractivity contribution in [1.29, 1.82) is 0 Å². The summed E-state index contributed by atoms with van der Waals surface area (Å²) >= 11 is 0. The smallest absolute Gasteiger partial charge is 0.430 e. The number of hydrogen-bond acceptors (Lipinski definition) is 5. The Labute approximate surface area is 214 Å². The van der Waals surface area contributed by atoms with Gasteiger partial charge in [0.25, 0.3) is 5.60 Å². The van der Waals surface area contributed by atoms with Crippen LogP contribution < -0.4 is 9.47 Å². The molecule has 0 aliphatic rings. The molecule has 0 fully saturated rings. The van der Waals surface area contributed by atoms with E-state index in [9.17, 15) is 36.2 Å². The third-order valence-electron chi connectivity index (χ3n) is 5.64. The number of methoxy groups -OCH3 is 1. The molecule has 0 aliphatic carbocycles. The van der Waals surface area contributed by atoms with Gasteiger partial charge < -0.3 is 19.3 Å². The summed E-state index contributed by atoms with van der Waals surface area (Å²) in [7, 11) is 1.28. The van der Waals surface area contributed by atoms with Crippen LogP contribution in [-0.2, 0) is 28.0 Å².